The van der Waals surface area contributed by atoms with E-state index in [-0.39, 0.29) is 0 Å². The van der Waals surface area contributed by atoms with Gasteiger partial charge in [-0.3, -0.25) is 0 Å². The van der Waals surface area contributed by atoms with Crippen LogP contribution in [0, 0.1) is 0 Å². The predicted molar refractivity (Wildman–Crippen MR) is 51.9 cm³/mol. The second-order valence-corrected chi connectivity index (χ2v) is 3.48. The molecular formula is C8H6BBrO2. The first-order valence-electron chi connectivity index (χ1n) is 3.57. The second kappa shape index (κ2) is 2.96. The molecule has 0 unspecified atom stereocenters. The van der Waals surface area contributed by atoms with E-state index in [1.807, 2.05) is 24.3 Å². The van der Waals surface area contributed by atoms with Crippen LogP contribution in [0.3, 0.4) is 0 Å². The van der Waals surface area contributed by atoms with E-state index < -0.39 is 7.12 Å². The van der Waals surface area contributed by atoms with Gasteiger partial charge in [0.05, 0.1) is 6.26 Å². The molecule has 1 heterocycles. The van der Waals surface area contributed by atoms with Gasteiger partial charge in [0.25, 0.3) is 0 Å². The number of hydrogen-bond donors (Lipinski definition) is 1. The van der Waals surface area contributed by atoms with Crippen LogP contribution in [0.5, 0.6) is 0 Å². The fourth-order valence-electron chi connectivity index (χ4n) is 1.18. The summed E-state index contributed by atoms with van der Waals surface area (Å²) in [4.78, 5) is 0. The molecule has 0 atom stereocenters. The van der Waals surface area contributed by atoms with Gasteiger partial charge in [-0.2, -0.15) is 0 Å². The van der Waals surface area contributed by atoms with Crippen molar-refractivity contribution in [3.8, 4) is 0 Å². The van der Waals surface area contributed by atoms with Crippen LogP contribution < -0.4 is 5.46 Å². The highest BCUT2D eigenvalue weighted by Crippen LogP contribution is 2.14. The van der Waals surface area contributed by atoms with Crippen molar-refractivity contribution in [3.05, 3.63) is 34.5 Å². The predicted octanol–water partition coefficient (Wildman–Crippen LogP) is 1.14. The van der Waals surface area contributed by atoms with Gasteiger partial charge in [0.2, 0.25) is 0 Å². The minimum absolute atomic E-state index is 0.806. The molecule has 0 fully saturated rings. The topological polar surface area (TPSA) is 29.5 Å². The maximum atomic E-state index is 9.36. The molecule has 0 radical (unpaired) electrons. The van der Waals surface area contributed by atoms with E-state index in [0.29, 0.717) is 0 Å². The fraction of sp³-hybridized carbons (Fsp3) is 0. The van der Waals surface area contributed by atoms with Crippen molar-refractivity contribution in [2.75, 3.05) is 0 Å². The standard InChI is InChI=1S/C8H6BBrO2/c10-7-1-2-8-6(5-7)3-4-12-9(8)11/h1-5,11H. The van der Waals surface area contributed by atoms with Gasteiger partial charge in [0.15, 0.2) is 0 Å². The van der Waals surface area contributed by atoms with E-state index in [0.717, 1.165) is 15.5 Å². The highest BCUT2D eigenvalue weighted by atomic mass is 79.9. The lowest BCUT2D eigenvalue weighted by molar-refractivity contribution is 0.386. The smallest absolute Gasteiger partial charge is 0.538 e. The van der Waals surface area contributed by atoms with Gasteiger partial charge in [-0.25, -0.2) is 0 Å². The first-order chi connectivity index (χ1) is 5.77. The summed E-state index contributed by atoms with van der Waals surface area (Å²) < 4.78 is 5.90. The summed E-state index contributed by atoms with van der Waals surface area (Å²) in [6.45, 7) is 0. The summed E-state index contributed by atoms with van der Waals surface area (Å²) in [5, 5.41) is 9.36. The van der Waals surface area contributed by atoms with Gasteiger partial charge in [-0.15, -0.1) is 0 Å². The molecule has 1 aromatic rings. The summed E-state index contributed by atoms with van der Waals surface area (Å²) in [6, 6.07) is 5.66. The van der Waals surface area contributed by atoms with Crippen LogP contribution in [0.4, 0.5) is 0 Å². The molecule has 0 aromatic heterocycles. The van der Waals surface area contributed by atoms with Gasteiger partial charge < -0.3 is 9.68 Å². The van der Waals surface area contributed by atoms with E-state index in [1.54, 1.807) is 0 Å². The zero-order valence-corrected chi connectivity index (χ0v) is 7.78. The Morgan fingerprint density at radius 1 is 1.42 bits per heavy atom. The Labute approximate surface area is 79.1 Å². The maximum absolute atomic E-state index is 9.36. The number of hydrogen-bond acceptors (Lipinski definition) is 2. The van der Waals surface area contributed by atoms with Crippen molar-refractivity contribution >= 4 is 34.6 Å². The summed E-state index contributed by atoms with van der Waals surface area (Å²) in [6.07, 6.45) is 3.33. The Bertz CT molecular complexity index is 338. The maximum Gasteiger partial charge on any atom is 0.560 e. The van der Waals surface area contributed by atoms with Crippen LogP contribution in [-0.2, 0) is 4.65 Å². The third-order valence-corrected chi connectivity index (χ3v) is 2.26. The van der Waals surface area contributed by atoms with Gasteiger partial charge in [0.1, 0.15) is 0 Å². The van der Waals surface area contributed by atoms with Crippen molar-refractivity contribution < 1.29 is 9.68 Å². The molecule has 1 aliphatic rings. The van der Waals surface area contributed by atoms with Crippen molar-refractivity contribution in [1.82, 2.24) is 0 Å². The minimum Gasteiger partial charge on any atom is -0.538 e. The highest BCUT2D eigenvalue weighted by Gasteiger charge is 2.22. The molecule has 60 valence electrons. The fourth-order valence-corrected chi connectivity index (χ4v) is 1.55. The molecule has 0 spiro atoms. The largest absolute Gasteiger partial charge is 0.560 e. The number of fused-ring (bicyclic) bond motifs is 1. The molecule has 0 saturated heterocycles. The molecule has 0 saturated carbocycles. The molecule has 0 bridgehead atoms. The summed E-state index contributed by atoms with van der Waals surface area (Å²) in [5.41, 5.74) is 1.80. The number of halogens is 1. The summed E-state index contributed by atoms with van der Waals surface area (Å²) in [5.74, 6) is 0. The molecule has 2 nitrogen and oxygen atoms in total. The Morgan fingerprint density at radius 2 is 2.25 bits per heavy atom. The van der Waals surface area contributed by atoms with Crippen LogP contribution in [0.25, 0.3) is 6.08 Å². The molecule has 1 aromatic carbocycles. The number of rotatable bonds is 0. The lowest BCUT2D eigenvalue weighted by Gasteiger charge is -2.13. The van der Waals surface area contributed by atoms with Gasteiger partial charge >= 0.3 is 7.12 Å². The molecule has 0 aliphatic carbocycles. The lowest BCUT2D eigenvalue weighted by Crippen LogP contribution is -2.35. The molecule has 2 rings (SSSR count). The van der Waals surface area contributed by atoms with Crippen LogP contribution in [0.2, 0.25) is 0 Å². The van der Waals surface area contributed by atoms with E-state index in [9.17, 15) is 5.02 Å². The van der Waals surface area contributed by atoms with E-state index in [4.69, 9.17) is 4.65 Å². The van der Waals surface area contributed by atoms with Gasteiger partial charge in [-0.05, 0) is 23.8 Å². The average molecular weight is 225 g/mol. The Morgan fingerprint density at radius 3 is 3.08 bits per heavy atom. The van der Waals surface area contributed by atoms with Crippen LogP contribution in [0.1, 0.15) is 5.56 Å². The van der Waals surface area contributed by atoms with Crippen LogP contribution in [0.15, 0.2) is 28.9 Å². The Balaban J connectivity index is 2.55. The van der Waals surface area contributed by atoms with Crippen LogP contribution >= 0.6 is 15.9 Å². The van der Waals surface area contributed by atoms with Crippen LogP contribution in [-0.4, -0.2) is 12.1 Å². The van der Waals surface area contributed by atoms with E-state index >= 15 is 0 Å². The van der Waals surface area contributed by atoms with Crippen molar-refractivity contribution in [2.24, 2.45) is 0 Å². The summed E-state index contributed by atoms with van der Waals surface area (Å²) >= 11 is 3.35. The molecular weight excluding hydrogens is 219 g/mol. The third kappa shape index (κ3) is 1.28. The van der Waals surface area contributed by atoms with E-state index in [2.05, 4.69) is 15.9 Å². The summed E-state index contributed by atoms with van der Waals surface area (Å²) in [7, 11) is -0.821. The quantitative estimate of drug-likeness (QED) is 0.670. The van der Waals surface area contributed by atoms with Crippen molar-refractivity contribution in [2.45, 2.75) is 0 Å². The molecule has 12 heavy (non-hydrogen) atoms. The molecule has 4 heteroatoms. The normalized spacial score (nSPS) is 14.0. The minimum atomic E-state index is -0.821. The lowest BCUT2D eigenvalue weighted by atomic mass is 9.75. The molecule has 1 aliphatic heterocycles. The van der Waals surface area contributed by atoms with E-state index in [1.165, 1.54) is 6.26 Å². The second-order valence-electron chi connectivity index (χ2n) is 2.56. The Hall–Kier alpha value is -0.735. The average Bonchev–Trinajstić information content (AvgIpc) is 2.04. The molecule has 0 amide bonds. The first-order valence-corrected chi connectivity index (χ1v) is 4.36. The van der Waals surface area contributed by atoms with Gasteiger partial charge in [0, 0.05) is 9.94 Å². The first kappa shape index (κ1) is 7.89. The monoisotopic (exact) mass is 224 g/mol. The third-order valence-electron chi connectivity index (χ3n) is 1.77. The number of benzene rings is 1. The zero-order valence-electron chi connectivity index (χ0n) is 6.20. The SMILES string of the molecule is OB1OC=Cc2cc(Br)ccc21. The Kier molecular flexibility index (Phi) is 1.94. The molecule has 1 N–H and O–H groups in total. The van der Waals surface area contributed by atoms with Gasteiger partial charge in [-0.1, -0.05) is 22.0 Å². The van der Waals surface area contributed by atoms with Crippen molar-refractivity contribution in [1.29, 1.82) is 0 Å². The highest BCUT2D eigenvalue weighted by molar-refractivity contribution is 9.10. The van der Waals surface area contributed by atoms with Crippen molar-refractivity contribution in [3.63, 3.8) is 0 Å². The zero-order chi connectivity index (χ0) is 8.55.